The van der Waals surface area contributed by atoms with E-state index in [2.05, 4.69) is 34.5 Å². The molecule has 6 heteroatoms. The minimum atomic E-state index is -0.176. The number of amides is 2. The van der Waals surface area contributed by atoms with E-state index in [0.29, 0.717) is 11.5 Å². The number of carbonyl (C=O) groups excluding carboxylic acids is 2. The monoisotopic (exact) mass is 506 g/mol. The summed E-state index contributed by atoms with van der Waals surface area (Å²) >= 11 is 0. The fourth-order valence-corrected chi connectivity index (χ4v) is 5.38. The zero-order valence-electron chi connectivity index (χ0n) is 21.6. The minimum Gasteiger partial charge on any atom is -0.361 e. The Morgan fingerprint density at radius 2 is 1.58 bits per heavy atom. The van der Waals surface area contributed by atoms with Gasteiger partial charge < -0.3 is 15.1 Å². The van der Waals surface area contributed by atoms with Gasteiger partial charge in [0.25, 0.3) is 11.8 Å². The molecule has 1 aliphatic carbocycles. The van der Waals surface area contributed by atoms with E-state index in [1.165, 1.54) is 18.4 Å². The van der Waals surface area contributed by atoms with Crippen molar-refractivity contribution < 1.29 is 9.59 Å². The number of fused-ring (bicyclic) bond motifs is 1. The van der Waals surface area contributed by atoms with Gasteiger partial charge in [0.05, 0.1) is 0 Å². The summed E-state index contributed by atoms with van der Waals surface area (Å²) in [6, 6.07) is 25.9. The van der Waals surface area contributed by atoms with Crippen molar-refractivity contribution in [3.63, 3.8) is 0 Å². The molecule has 38 heavy (non-hydrogen) atoms. The smallest absolute Gasteiger partial charge is 0.256 e. The highest BCUT2D eigenvalue weighted by atomic mass is 16.2. The van der Waals surface area contributed by atoms with Crippen molar-refractivity contribution >= 4 is 23.6 Å². The Labute approximate surface area is 224 Å². The Balaban J connectivity index is 1.05. The van der Waals surface area contributed by atoms with Crippen LogP contribution in [-0.4, -0.2) is 65.8 Å². The lowest BCUT2D eigenvalue weighted by atomic mass is 10.1. The molecule has 3 aromatic rings. The summed E-state index contributed by atoms with van der Waals surface area (Å²) in [6.07, 6.45) is 6.56. The van der Waals surface area contributed by atoms with Crippen LogP contribution in [0, 0.1) is 5.92 Å². The number of piperazine rings is 1. The van der Waals surface area contributed by atoms with Crippen LogP contribution in [0.2, 0.25) is 0 Å². The molecule has 6 rings (SSSR count). The number of hydrogen-bond donors (Lipinski definition) is 1. The molecule has 1 unspecified atom stereocenters. The lowest BCUT2D eigenvalue weighted by Crippen LogP contribution is -2.48. The fraction of sp³-hybridized carbons (Fsp3) is 0.312. The number of benzene rings is 3. The molecule has 0 spiro atoms. The summed E-state index contributed by atoms with van der Waals surface area (Å²) in [7, 11) is 0. The molecule has 1 N–H and O–H groups in total. The van der Waals surface area contributed by atoms with E-state index in [9.17, 15) is 9.59 Å². The molecule has 0 aromatic heterocycles. The Kier molecular flexibility index (Phi) is 6.97. The second kappa shape index (κ2) is 10.8. The van der Waals surface area contributed by atoms with Gasteiger partial charge in [-0.25, -0.2) is 0 Å². The maximum absolute atomic E-state index is 13.2. The van der Waals surface area contributed by atoms with Crippen LogP contribution in [-0.2, 0) is 0 Å². The predicted octanol–water partition coefficient (Wildman–Crippen LogP) is 5.13. The first-order valence-corrected chi connectivity index (χ1v) is 13.7. The zero-order valence-corrected chi connectivity index (χ0v) is 21.6. The number of anilines is 1. The minimum absolute atomic E-state index is 0.0766. The van der Waals surface area contributed by atoms with Gasteiger partial charge in [0.2, 0.25) is 0 Å². The highest BCUT2D eigenvalue weighted by Gasteiger charge is 2.39. The largest absolute Gasteiger partial charge is 0.361 e. The van der Waals surface area contributed by atoms with Crippen LogP contribution in [0.5, 0.6) is 0 Å². The van der Waals surface area contributed by atoms with Crippen LogP contribution in [0.15, 0.2) is 84.9 Å². The van der Waals surface area contributed by atoms with E-state index in [4.69, 9.17) is 0 Å². The van der Waals surface area contributed by atoms with Crippen LogP contribution in [0.4, 0.5) is 5.69 Å². The number of nitrogens with one attached hydrogen (secondary N) is 1. The fourth-order valence-electron chi connectivity index (χ4n) is 5.38. The average Bonchev–Trinajstić information content (AvgIpc) is 3.76. The van der Waals surface area contributed by atoms with E-state index in [1.807, 2.05) is 76.5 Å². The Morgan fingerprint density at radius 3 is 2.32 bits per heavy atom. The van der Waals surface area contributed by atoms with Crippen molar-refractivity contribution in [2.45, 2.75) is 19.0 Å². The molecule has 2 aliphatic heterocycles. The molecule has 6 nitrogen and oxygen atoms in total. The van der Waals surface area contributed by atoms with Gasteiger partial charge in [-0.05, 0) is 54.7 Å². The van der Waals surface area contributed by atoms with E-state index < -0.39 is 0 Å². The SMILES string of the molecule is O=C(c1ccc(NC2c3ccccc3C(=O)N2CC2CC2)cc1)N1CCN(C/C=C/c2ccccc2)CC1. The Bertz CT molecular complexity index is 1310. The molecule has 2 amide bonds. The van der Waals surface area contributed by atoms with Crippen LogP contribution >= 0.6 is 0 Å². The summed E-state index contributed by atoms with van der Waals surface area (Å²) in [5.41, 5.74) is 4.62. The van der Waals surface area contributed by atoms with Crippen LogP contribution in [0.3, 0.4) is 0 Å². The Morgan fingerprint density at radius 1 is 0.868 bits per heavy atom. The number of nitrogens with zero attached hydrogens (tertiary/aromatic N) is 3. The topological polar surface area (TPSA) is 55.9 Å². The standard InChI is InChI=1S/C32H34N4O2/c37-31(35-21-19-34(20-22-35)18-6-9-24-7-2-1-3-8-24)26-14-16-27(17-15-26)33-30-28-10-4-5-11-29(28)32(38)36(30)23-25-12-13-25/h1-11,14-17,25,30,33H,12-13,18-23H2/b9-6+. The first-order valence-electron chi connectivity index (χ1n) is 13.7. The van der Waals surface area contributed by atoms with Crippen molar-refractivity contribution in [1.29, 1.82) is 0 Å². The normalized spacial score (nSPS) is 19.7. The third-order valence-electron chi connectivity index (χ3n) is 7.78. The van der Waals surface area contributed by atoms with Crippen molar-refractivity contribution in [3.05, 3.63) is 107 Å². The van der Waals surface area contributed by atoms with Gasteiger partial charge in [-0.1, -0.05) is 60.7 Å². The van der Waals surface area contributed by atoms with E-state index in [1.54, 1.807) is 0 Å². The van der Waals surface area contributed by atoms with Gasteiger partial charge in [0, 0.05) is 61.6 Å². The molecular weight excluding hydrogens is 472 g/mol. The van der Waals surface area contributed by atoms with Gasteiger partial charge in [-0.2, -0.15) is 0 Å². The van der Waals surface area contributed by atoms with E-state index in [0.717, 1.165) is 56.1 Å². The van der Waals surface area contributed by atoms with Crippen molar-refractivity contribution in [2.24, 2.45) is 5.92 Å². The van der Waals surface area contributed by atoms with Crippen molar-refractivity contribution in [2.75, 3.05) is 44.6 Å². The second-order valence-corrected chi connectivity index (χ2v) is 10.5. The first-order chi connectivity index (χ1) is 18.7. The third-order valence-corrected chi connectivity index (χ3v) is 7.78. The van der Waals surface area contributed by atoms with Gasteiger partial charge >= 0.3 is 0 Å². The van der Waals surface area contributed by atoms with Gasteiger partial charge in [-0.15, -0.1) is 0 Å². The van der Waals surface area contributed by atoms with Crippen LogP contribution in [0.1, 0.15) is 50.9 Å². The first kappa shape index (κ1) is 24.4. The summed E-state index contributed by atoms with van der Waals surface area (Å²) in [6.45, 7) is 4.88. The average molecular weight is 507 g/mol. The summed E-state index contributed by atoms with van der Waals surface area (Å²) in [5, 5.41) is 3.56. The van der Waals surface area contributed by atoms with Crippen molar-refractivity contribution in [3.8, 4) is 0 Å². The van der Waals surface area contributed by atoms with E-state index in [-0.39, 0.29) is 18.0 Å². The number of carbonyl (C=O) groups is 2. The molecule has 2 fully saturated rings. The summed E-state index contributed by atoms with van der Waals surface area (Å²) in [5.74, 6) is 0.789. The van der Waals surface area contributed by atoms with E-state index >= 15 is 0 Å². The molecule has 1 atom stereocenters. The number of hydrogen-bond acceptors (Lipinski definition) is 4. The molecule has 2 heterocycles. The van der Waals surface area contributed by atoms with Crippen LogP contribution < -0.4 is 5.32 Å². The molecular formula is C32H34N4O2. The molecule has 3 aliphatic rings. The molecule has 194 valence electrons. The maximum atomic E-state index is 13.2. The maximum Gasteiger partial charge on any atom is 0.256 e. The predicted molar refractivity (Wildman–Crippen MR) is 151 cm³/mol. The quantitative estimate of drug-likeness (QED) is 0.460. The Hall–Kier alpha value is -3.90. The lowest BCUT2D eigenvalue weighted by Gasteiger charge is -2.34. The molecule has 1 saturated carbocycles. The highest BCUT2D eigenvalue weighted by Crippen LogP contribution is 2.39. The van der Waals surface area contributed by atoms with Gasteiger partial charge in [0.15, 0.2) is 0 Å². The van der Waals surface area contributed by atoms with Gasteiger partial charge in [-0.3, -0.25) is 14.5 Å². The lowest BCUT2D eigenvalue weighted by molar-refractivity contribution is 0.0650. The molecule has 1 saturated heterocycles. The summed E-state index contributed by atoms with van der Waals surface area (Å²) < 4.78 is 0. The molecule has 0 bridgehead atoms. The second-order valence-electron chi connectivity index (χ2n) is 10.5. The third kappa shape index (κ3) is 5.36. The zero-order chi connectivity index (χ0) is 25.9. The molecule has 3 aromatic carbocycles. The van der Waals surface area contributed by atoms with Gasteiger partial charge in [0.1, 0.15) is 6.17 Å². The summed E-state index contributed by atoms with van der Waals surface area (Å²) in [4.78, 5) is 32.5. The van der Waals surface area contributed by atoms with Crippen molar-refractivity contribution in [1.82, 2.24) is 14.7 Å². The number of rotatable bonds is 8. The molecule has 0 radical (unpaired) electrons. The van der Waals surface area contributed by atoms with Crippen LogP contribution in [0.25, 0.3) is 6.08 Å². The highest BCUT2D eigenvalue weighted by molar-refractivity contribution is 5.99.